The van der Waals surface area contributed by atoms with Gasteiger partial charge in [0.05, 0.1) is 10.6 Å². The van der Waals surface area contributed by atoms with Gasteiger partial charge in [-0.1, -0.05) is 79.1 Å². The van der Waals surface area contributed by atoms with E-state index < -0.39 is 28.5 Å². The van der Waals surface area contributed by atoms with Crippen molar-refractivity contribution in [2.24, 2.45) is 0 Å². The Hall–Kier alpha value is -3.65. The zero-order valence-electron chi connectivity index (χ0n) is 23.5. The first-order chi connectivity index (χ1) is 18.5. The van der Waals surface area contributed by atoms with Crippen molar-refractivity contribution in [3.63, 3.8) is 0 Å². The molecule has 0 aliphatic heterocycles. The molecule has 3 aromatic rings. The summed E-state index contributed by atoms with van der Waals surface area (Å²) in [4.78, 5) is 28.6. The van der Waals surface area contributed by atoms with Crippen LogP contribution in [0.15, 0.2) is 77.7 Å². The molecule has 39 heavy (non-hydrogen) atoms. The Morgan fingerprint density at radius 3 is 2.23 bits per heavy atom. The molecular formula is C31H39N3O4S. The van der Waals surface area contributed by atoms with Crippen molar-refractivity contribution in [1.82, 2.24) is 10.2 Å². The lowest BCUT2D eigenvalue weighted by Gasteiger charge is -2.32. The third kappa shape index (κ3) is 7.69. The molecule has 3 aromatic carbocycles. The average molecular weight is 550 g/mol. The second-order valence-corrected chi connectivity index (χ2v) is 11.8. The Balaban J connectivity index is 2.02. The van der Waals surface area contributed by atoms with Crippen LogP contribution in [-0.4, -0.2) is 44.3 Å². The molecule has 1 atom stereocenters. The van der Waals surface area contributed by atoms with Crippen molar-refractivity contribution in [1.29, 1.82) is 0 Å². The monoisotopic (exact) mass is 549 g/mol. The standard InChI is InChI=1S/C31H39N3O4S/c1-6-7-18-32-31(36)26(5)33(21-27-13-11-12-23(2)20-27)30(35)22-34(29-17-16-24(3)19-25(29)4)39(37,38)28-14-9-8-10-15-28/h8-17,19-20,26H,6-7,18,21-22H2,1-5H3,(H,32,36). The van der Waals surface area contributed by atoms with Crippen LogP contribution in [0.2, 0.25) is 0 Å². The predicted molar refractivity (Wildman–Crippen MR) is 156 cm³/mol. The zero-order chi connectivity index (χ0) is 28.6. The normalized spacial score (nSPS) is 12.0. The second kappa shape index (κ2) is 13.4. The van der Waals surface area contributed by atoms with Crippen LogP contribution >= 0.6 is 0 Å². The lowest BCUT2D eigenvalue weighted by Crippen LogP contribution is -2.51. The molecular weight excluding hydrogens is 510 g/mol. The van der Waals surface area contributed by atoms with Crippen LogP contribution in [-0.2, 0) is 26.2 Å². The molecule has 0 fully saturated rings. The Kier molecular flexibility index (Phi) is 10.3. The number of carbonyl (C=O) groups excluding carboxylic acids is 2. The minimum Gasteiger partial charge on any atom is -0.354 e. The van der Waals surface area contributed by atoms with E-state index in [1.54, 1.807) is 31.2 Å². The summed E-state index contributed by atoms with van der Waals surface area (Å²) in [6.07, 6.45) is 1.77. The number of anilines is 1. The van der Waals surface area contributed by atoms with Crippen LogP contribution in [0.1, 0.15) is 48.9 Å². The fourth-order valence-corrected chi connectivity index (χ4v) is 5.94. The van der Waals surface area contributed by atoms with Crippen molar-refractivity contribution in [3.8, 4) is 0 Å². The van der Waals surface area contributed by atoms with E-state index in [4.69, 9.17) is 0 Å². The number of nitrogens with zero attached hydrogens (tertiary/aromatic N) is 2. The average Bonchev–Trinajstić information content (AvgIpc) is 2.91. The fourth-order valence-electron chi connectivity index (χ4n) is 4.44. The number of rotatable bonds is 12. The van der Waals surface area contributed by atoms with Gasteiger partial charge in [-0.25, -0.2) is 8.42 Å². The molecule has 0 aliphatic carbocycles. The largest absolute Gasteiger partial charge is 0.354 e. The number of carbonyl (C=O) groups is 2. The molecule has 2 amide bonds. The van der Waals surface area contributed by atoms with E-state index in [0.717, 1.165) is 39.4 Å². The van der Waals surface area contributed by atoms with E-state index in [1.165, 1.54) is 17.0 Å². The molecule has 0 saturated carbocycles. The van der Waals surface area contributed by atoms with Gasteiger partial charge in [-0.2, -0.15) is 0 Å². The predicted octanol–water partition coefficient (Wildman–Crippen LogP) is 5.14. The van der Waals surface area contributed by atoms with Crippen molar-refractivity contribution < 1.29 is 18.0 Å². The van der Waals surface area contributed by atoms with Gasteiger partial charge in [-0.15, -0.1) is 0 Å². The minimum absolute atomic E-state index is 0.0911. The van der Waals surface area contributed by atoms with Crippen molar-refractivity contribution in [2.45, 2.75) is 64.9 Å². The highest BCUT2D eigenvalue weighted by atomic mass is 32.2. The Labute approximate surface area is 232 Å². The maximum atomic E-state index is 14.0. The van der Waals surface area contributed by atoms with Gasteiger partial charge in [0, 0.05) is 13.1 Å². The summed E-state index contributed by atoms with van der Waals surface area (Å²) < 4.78 is 28.9. The van der Waals surface area contributed by atoms with E-state index >= 15 is 0 Å². The fraction of sp³-hybridized carbons (Fsp3) is 0.355. The Morgan fingerprint density at radius 1 is 0.897 bits per heavy atom. The Bertz CT molecular complexity index is 1390. The molecule has 0 aromatic heterocycles. The number of hydrogen-bond donors (Lipinski definition) is 1. The van der Waals surface area contributed by atoms with Crippen LogP contribution in [0.3, 0.4) is 0 Å². The molecule has 0 bridgehead atoms. The molecule has 3 rings (SSSR count). The number of nitrogens with one attached hydrogen (secondary N) is 1. The quantitative estimate of drug-likeness (QED) is 0.317. The summed E-state index contributed by atoms with van der Waals surface area (Å²) in [5.41, 5.74) is 4.04. The lowest BCUT2D eigenvalue weighted by atomic mass is 10.1. The third-order valence-electron chi connectivity index (χ3n) is 6.66. The highest BCUT2D eigenvalue weighted by Crippen LogP contribution is 2.28. The van der Waals surface area contributed by atoms with Gasteiger partial charge in [0.25, 0.3) is 10.0 Å². The highest BCUT2D eigenvalue weighted by Gasteiger charge is 2.33. The van der Waals surface area contributed by atoms with E-state index in [9.17, 15) is 18.0 Å². The summed E-state index contributed by atoms with van der Waals surface area (Å²) in [5, 5.41) is 2.91. The molecule has 0 heterocycles. The van der Waals surface area contributed by atoms with Crippen molar-refractivity contribution in [2.75, 3.05) is 17.4 Å². The van der Waals surface area contributed by atoms with Crippen molar-refractivity contribution in [3.05, 3.63) is 95.1 Å². The topological polar surface area (TPSA) is 86.8 Å². The van der Waals surface area contributed by atoms with Crippen molar-refractivity contribution >= 4 is 27.5 Å². The summed E-state index contributed by atoms with van der Waals surface area (Å²) in [6.45, 7) is 9.69. The molecule has 0 radical (unpaired) electrons. The van der Waals surface area contributed by atoms with Gasteiger partial charge >= 0.3 is 0 Å². The zero-order valence-corrected chi connectivity index (χ0v) is 24.3. The first-order valence-electron chi connectivity index (χ1n) is 13.3. The van der Waals surface area contributed by atoms with Gasteiger partial charge in [-0.3, -0.25) is 13.9 Å². The maximum absolute atomic E-state index is 14.0. The van der Waals surface area contributed by atoms with E-state index in [0.29, 0.717) is 12.2 Å². The highest BCUT2D eigenvalue weighted by molar-refractivity contribution is 7.92. The van der Waals surface area contributed by atoms with Crippen LogP contribution in [0.4, 0.5) is 5.69 Å². The first-order valence-corrected chi connectivity index (χ1v) is 14.8. The van der Waals surface area contributed by atoms with E-state index in [2.05, 4.69) is 5.32 Å². The van der Waals surface area contributed by atoms with Crippen LogP contribution in [0.5, 0.6) is 0 Å². The molecule has 8 heteroatoms. The summed E-state index contributed by atoms with van der Waals surface area (Å²) in [5.74, 6) is -0.734. The minimum atomic E-state index is -4.08. The van der Waals surface area contributed by atoms with Gasteiger partial charge in [0.2, 0.25) is 11.8 Å². The third-order valence-corrected chi connectivity index (χ3v) is 8.44. The van der Waals surface area contributed by atoms with E-state index in [1.807, 2.05) is 64.1 Å². The molecule has 7 nitrogen and oxygen atoms in total. The number of hydrogen-bond acceptors (Lipinski definition) is 4. The number of benzene rings is 3. The first kappa shape index (κ1) is 29.9. The SMILES string of the molecule is CCCCNC(=O)C(C)N(Cc1cccc(C)c1)C(=O)CN(c1ccc(C)cc1C)S(=O)(=O)c1ccccc1. The van der Waals surface area contributed by atoms with E-state index in [-0.39, 0.29) is 17.3 Å². The van der Waals surface area contributed by atoms with Crippen LogP contribution in [0, 0.1) is 20.8 Å². The van der Waals surface area contributed by atoms with Gasteiger partial charge in [-0.05, 0) is 63.4 Å². The molecule has 0 saturated heterocycles. The summed E-state index contributed by atoms with van der Waals surface area (Å²) in [6, 6.07) is 20.5. The van der Waals surface area contributed by atoms with Gasteiger partial charge < -0.3 is 10.2 Å². The lowest BCUT2D eigenvalue weighted by molar-refractivity contribution is -0.139. The number of amides is 2. The molecule has 208 valence electrons. The Morgan fingerprint density at radius 2 is 1.59 bits per heavy atom. The molecule has 0 aliphatic rings. The van der Waals surface area contributed by atoms with Crippen LogP contribution in [0.25, 0.3) is 0 Å². The summed E-state index contributed by atoms with van der Waals surface area (Å²) in [7, 11) is -4.08. The van der Waals surface area contributed by atoms with Crippen LogP contribution < -0.4 is 9.62 Å². The molecule has 1 N–H and O–H groups in total. The number of aryl methyl sites for hydroxylation is 3. The van der Waals surface area contributed by atoms with Gasteiger partial charge in [0.15, 0.2) is 0 Å². The van der Waals surface area contributed by atoms with Gasteiger partial charge in [0.1, 0.15) is 12.6 Å². The smallest absolute Gasteiger partial charge is 0.264 e. The maximum Gasteiger partial charge on any atom is 0.264 e. The summed E-state index contributed by atoms with van der Waals surface area (Å²) >= 11 is 0. The molecule has 0 spiro atoms. The molecule has 1 unspecified atom stereocenters. The second-order valence-electron chi connectivity index (χ2n) is 9.95. The number of unbranched alkanes of at least 4 members (excludes halogenated alkanes) is 1. The number of sulfonamides is 1.